The Hall–Kier alpha value is -2.52. The van der Waals surface area contributed by atoms with Crippen LogP contribution in [-0.4, -0.2) is 49.6 Å². The Morgan fingerprint density at radius 1 is 1.00 bits per heavy atom. The SMILES string of the molecule is CSc1ccc(S(=O)(=O)Nc2ccc(C(=O)O)cc2)cc1C(=O)N1CCCCCC1. The quantitative estimate of drug-likeness (QED) is 0.649. The van der Waals surface area contributed by atoms with E-state index in [4.69, 9.17) is 5.11 Å². The molecule has 30 heavy (non-hydrogen) atoms. The minimum Gasteiger partial charge on any atom is -0.478 e. The highest BCUT2D eigenvalue weighted by Gasteiger charge is 2.23. The molecule has 7 nitrogen and oxygen atoms in total. The summed E-state index contributed by atoms with van der Waals surface area (Å²) in [5, 5.41) is 8.97. The maximum absolute atomic E-state index is 13.1. The molecule has 1 saturated heterocycles. The summed E-state index contributed by atoms with van der Waals surface area (Å²) >= 11 is 1.40. The highest BCUT2D eigenvalue weighted by molar-refractivity contribution is 7.98. The lowest BCUT2D eigenvalue weighted by atomic mass is 10.2. The first-order valence-electron chi connectivity index (χ1n) is 9.65. The third kappa shape index (κ3) is 5.14. The predicted octanol–water partition coefficient (Wildman–Crippen LogP) is 3.92. The molecule has 0 aromatic heterocycles. The standard InChI is InChI=1S/C21H24N2O5S2/c1-29-19-11-10-17(14-18(19)20(24)23-12-4-2-3-5-13-23)30(27,28)22-16-8-6-15(7-9-16)21(25)26/h6-11,14,22H,2-5,12-13H2,1H3,(H,25,26). The second-order valence-corrected chi connectivity index (χ2v) is 9.59. The number of nitrogens with one attached hydrogen (secondary N) is 1. The van der Waals surface area contributed by atoms with Crippen molar-refractivity contribution >= 4 is 39.3 Å². The zero-order chi connectivity index (χ0) is 21.7. The fourth-order valence-electron chi connectivity index (χ4n) is 3.36. The Kier molecular flexibility index (Phi) is 7.04. The monoisotopic (exact) mass is 448 g/mol. The van der Waals surface area contributed by atoms with E-state index in [2.05, 4.69) is 4.72 Å². The summed E-state index contributed by atoms with van der Waals surface area (Å²) in [6.07, 6.45) is 5.94. The van der Waals surface area contributed by atoms with Gasteiger partial charge in [0, 0.05) is 23.7 Å². The van der Waals surface area contributed by atoms with Crippen LogP contribution in [0.3, 0.4) is 0 Å². The van der Waals surface area contributed by atoms with E-state index in [1.807, 2.05) is 6.26 Å². The Labute approximate surface area is 180 Å². The molecular formula is C21H24N2O5S2. The van der Waals surface area contributed by atoms with Crippen LogP contribution in [0.25, 0.3) is 0 Å². The van der Waals surface area contributed by atoms with Crippen LogP contribution < -0.4 is 4.72 Å². The molecule has 1 fully saturated rings. The average Bonchev–Trinajstić information content (AvgIpc) is 3.02. The number of amides is 1. The van der Waals surface area contributed by atoms with Crippen molar-refractivity contribution in [3.63, 3.8) is 0 Å². The molecule has 0 unspecified atom stereocenters. The van der Waals surface area contributed by atoms with Gasteiger partial charge >= 0.3 is 5.97 Å². The van der Waals surface area contributed by atoms with Gasteiger partial charge in [-0.15, -0.1) is 11.8 Å². The third-order valence-electron chi connectivity index (χ3n) is 4.99. The first kappa shape index (κ1) is 22.2. The second-order valence-electron chi connectivity index (χ2n) is 7.06. The summed E-state index contributed by atoms with van der Waals surface area (Å²) < 4.78 is 28.2. The summed E-state index contributed by atoms with van der Waals surface area (Å²) in [7, 11) is -3.94. The van der Waals surface area contributed by atoms with Crippen LogP contribution in [0, 0.1) is 0 Å². The average molecular weight is 449 g/mol. The number of carboxylic acids is 1. The van der Waals surface area contributed by atoms with E-state index in [9.17, 15) is 18.0 Å². The zero-order valence-corrected chi connectivity index (χ0v) is 18.3. The van der Waals surface area contributed by atoms with Crippen molar-refractivity contribution in [1.82, 2.24) is 4.90 Å². The molecule has 0 atom stereocenters. The Morgan fingerprint density at radius 3 is 2.20 bits per heavy atom. The molecule has 0 spiro atoms. The topological polar surface area (TPSA) is 104 Å². The largest absolute Gasteiger partial charge is 0.478 e. The lowest BCUT2D eigenvalue weighted by molar-refractivity contribution is 0.0695. The molecule has 1 aliphatic heterocycles. The molecule has 1 heterocycles. The Bertz CT molecular complexity index is 1030. The molecule has 3 rings (SSSR count). The molecule has 9 heteroatoms. The van der Waals surface area contributed by atoms with E-state index < -0.39 is 16.0 Å². The molecule has 0 radical (unpaired) electrons. The minimum absolute atomic E-state index is 0.0132. The number of carbonyl (C=O) groups excluding carboxylic acids is 1. The molecule has 1 amide bonds. The van der Waals surface area contributed by atoms with E-state index in [1.165, 1.54) is 48.2 Å². The van der Waals surface area contributed by atoms with Crippen molar-refractivity contribution in [2.75, 3.05) is 24.1 Å². The van der Waals surface area contributed by atoms with Gasteiger partial charge < -0.3 is 10.0 Å². The number of rotatable bonds is 6. The van der Waals surface area contributed by atoms with Crippen molar-refractivity contribution in [3.05, 3.63) is 53.6 Å². The number of likely N-dealkylation sites (tertiary alicyclic amines) is 1. The van der Waals surface area contributed by atoms with Crippen molar-refractivity contribution in [2.24, 2.45) is 0 Å². The molecule has 0 aliphatic carbocycles. The zero-order valence-electron chi connectivity index (χ0n) is 16.6. The van der Waals surface area contributed by atoms with Gasteiger partial charge in [-0.25, -0.2) is 13.2 Å². The lowest BCUT2D eigenvalue weighted by Gasteiger charge is -2.22. The number of thioether (sulfide) groups is 1. The van der Waals surface area contributed by atoms with E-state index in [0.29, 0.717) is 18.7 Å². The van der Waals surface area contributed by atoms with Crippen LogP contribution in [0.4, 0.5) is 5.69 Å². The van der Waals surface area contributed by atoms with Gasteiger partial charge in [0.15, 0.2) is 0 Å². The fraction of sp³-hybridized carbons (Fsp3) is 0.333. The smallest absolute Gasteiger partial charge is 0.335 e. The number of carbonyl (C=O) groups is 2. The predicted molar refractivity (Wildman–Crippen MR) is 117 cm³/mol. The van der Waals surface area contributed by atoms with Gasteiger partial charge in [-0.2, -0.15) is 0 Å². The molecule has 2 N–H and O–H groups in total. The molecule has 160 valence electrons. The molecule has 1 aliphatic rings. The summed E-state index contributed by atoms with van der Waals surface area (Å²) in [6.45, 7) is 1.36. The summed E-state index contributed by atoms with van der Waals surface area (Å²) in [5.74, 6) is -1.24. The summed E-state index contributed by atoms with van der Waals surface area (Å²) in [4.78, 5) is 26.6. The maximum Gasteiger partial charge on any atom is 0.335 e. The van der Waals surface area contributed by atoms with Crippen molar-refractivity contribution in [2.45, 2.75) is 35.5 Å². The molecular weight excluding hydrogens is 424 g/mol. The van der Waals surface area contributed by atoms with Gasteiger partial charge in [0.05, 0.1) is 16.0 Å². The summed E-state index contributed by atoms with van der Waals surface area (Å²) in [6, 6.07) is 9.97. The lowest BCUT2D eigenvalue weighted by Crippen LogP contribution is -2.32. The highest BCUT2D eigenvalue weighted by atomic mass is 32.2. The first-order valence-corrected chi connectivity index (χ1v) is 12.4. The van der Waals surface area contributed by atoms with Crippen LogP contribution in [0.5, 0.6) is 0 Å². The van der Waals surface area contributed by atoms with E-state index in [1.54, 1.807) is 11.0 Å². The van der Waals surface area contributed by atoms with E-state index in [-0.39, 0.29) is 22.1 Å². The summed E-state index contributed by atoms with van der Waals surface area (Å²) in [5.41, 5.74) is 0.690. The number of aromatic carboxylic acids is 1. The van der Waals surface area contributed by atoms with Gasteiger partial charge in [-0.1, -0.05) is 12.8 Å². The van der Waals surface area contributed by atoms with Crippen molar-refractivity contribution in [1.29, 1.82) is 0 Å². The van der Waals surface area contributed by atoms with Crippen LogP contribution in [0.15, 0.2) is 52.3 Å². The third-order valence-corrected chi connectivity index (χ3v) is 7.16. The van der Waals surface area contributed by atoms with E-state index >= 15 is 0 Å². The number of nitrogens with zero attached hydrogens (tertiary/aromatic N) is 1. The minimum atomic E-state index is -3.94. The van der Waals surface area contributed by atoms with Crippen LogP contribution >= 0.6 is 11.8 Å². The Balaban J connectivity index is 1.88. The van der Waals surface area contributed by atoms with Gasteiger partial charge in [-0.3, -0.25) is 9.52 Å². The molecule has 0 saturated carbocycles. The Morgan fingerprint density at radius 2 is 1.63 bits per heavy atom. The van der Waals surface area contributed by atoms with Gasteiger partial charge in [0.2, 0.25) is 0 Å². The number of sulfonamides is 1. The highest BCUT2D eigenvalue weighted by Crippen LogP contribution is 2.27. The number of benzene rings is 2. The molecule has 2 aromatic carbocycles. The van der Waals surface area contributed by atoms with Crippen LogP contribution in [0.1, 0.15) is 46.4 Å². The van der Waals surface area contributed by atoms with Crippen LogP contribution in [0.2, 0.25) is 0 Å². The van der Waals surface area contributed by atoms with Crippen LogP contribution in [-0.2, 0) is 10.0 Å². The number of hydrogen-bond acceptors (Lipinski definition) is 5. The van der Waals surface area contributed by atoms with Gasteiger partial charge in [-0.05, 0) is 61.6 Å². The maximum atomic E-state index is 13.1. The van der Waals surface area contributed by atoms with Crippen molar-refractivity contribution < 1.29 is 23.1 Å². The second kappa shape index (κ2) is 9.53. The van der Waals surface area contributed by atoms with Gasteiger partial charge in [0.1, 0.15) is 0 Å². The molecule has 2 aromatic rings. The first-order chi connectivity index (χ1) is 14.3. The number of anilines is 1. The number of carboxylic acid groups (broad SMARTS) is 1. The normalized spacial score (nSPS) is 14.8. The fourth-order valence-corrected chi connectivity index (χ4v) is 5.02. The van der Waals surface area contributed by atoms with Gasteiger partial charge in [0.25, 0.3) is 15.9 Å². The van der Waals surface area contributed by atoms with E-state index in [0.717, 1.165) is 30.6 Å². The van der Waals surface area contributed by atoms with Crippen molar-refractivity contribution in [3.8, 4) is 0 Å². The number of hydrogen-bond donors (Lipinski definition) is 2. The molecule has 0 bridgehead atoms.